The number of halogens is 2. The van der Waals surface area contributed by atoms with Crippen LogP contribution in [0.15, 0.2) is 18.2 Å². The fraction of sp³-hybridized carbons (Fsp3) is 0.400. The molecule has 0 radical (unpaired) electrons. The molecule has 1 rings (SSSR count). The Labute approximate surface area is 87.7 Å². The molecule has 78 valence electrons. The first-order valence-corrected chi connectivity index (χ1v) is 4.82. The van der Waals surface area contributed by atoms with Gasteiger partial charge in [-0.15, -0.1) is 0 Å². The smallest absolute Gasteiger partial charge is 0.129 e. The minimum absolute atomic E-state index is 0.0242. The molecule has 0 aliphatic carbocycles. The van der Waals surface area contributed by atoms with Crippen molar-refractivity contribution in [3.63, 3.8) is 0 Å². The van der Waals surface area contributed by atoms with Crippen LogP contribution in [-0.2, 0) is 0 Å². The summed E-state index contributed by atoms with van der Waals surface area (Å²) in [5, 5.41) is 12.0. The largest absolute Gasteiger partial charge is 0.395 e. The van der Waals surface area contributed by atoms with Gasteiger partial charge < -0.3 is 10.4 Å². The Hall–Kier alpha value is -0.640. The van der Waals surface area contributed by atoms with Gasteiger partial charge in [0.2, 0.25) is 0 Å². The van der Waals surface area contributed by atoms with Crippen molar-refractivity contribution in [1.29, 1.82) is 0 Å². The summed E-state index contributed by atoms with van der Waals surface area (Å²) in [7, 11) is 0. The molecule has 2 N–H and O–H groups in total. The second kappa shape index (κ2) is 5.29. The van der Waals surface area contributed by atoms with Gasteiger partial charge in [0.1, 0.15) is 5.82 Å². The van der Waals surface area contributed by atoms with E-state index in [1.165, 1.54) is 6.07 Å². The molecule has 0 aliphatic rings. The van der Waals surface area contributed by atoms with Gasteiger partial charge in [-0.05, 0) is 19.1 Å². The number of aliphatic hydroxyl groups is 1. The fourth-order valence-corrected chi connectivity index (χ4v) is 1.63. The molecule has 0 amide bonds. The molecule has 1 atom stereocenters. The van der Waals surface area contributed by atoms with Crippen molar-refractivity contribution < 1.29 is 9.50 Å². The molecule has 0 heterocycles. The van der Waals surface area contributed by atoms with Crippen LogP contribution in [0.1, 0.15) is 18.5 Å². The zero-order chi connectivity index (χ0) is 10.6. The predicted octanol–water partition coefficient (Wildman–Crippen LogP) is 2.12. The molecule has 4 heteroatoms. The number of hydrogen-bond acceptors (Lipinski definition) is 2. The molecule has 0 saturated heterocycles. The Bertz CT molecular complexity index is 286. The first-order chi connectivity index (χ1) is 6.66. The van der Waals surface area contributed by atoms with Crippen molar-refractivity contribution in [2.75, 3.05) is 13.2 Å². The summed E-state index contributed by atoms with van der Waals surface area (Å²) in [6, 6.07) is 4.39. The van der Waals surface area contributed by atoms with E-state index in [2.05, 4.69) is 5.32 Å². The van der Waals surface area contributed by atoms with Crippen LogP contribution < -0.4 is 5.32 Å². The van der Waals surface area contributed by atoms with Crippen LogP contribution >= 0.6 is 11.6 Å². The zero-order valence-corrected chi connectivity index (χ0v) is 8.68. The van der Waals surface area contributed by atoms with E-state index in [1.807, 2.05) is 0 Å². The van der Waals surface area contributed by atoms with Crippen LogP contribution in [0.25, 0.3) is 0 Å². The van der Waals surface area contributed by atoms with Crippen LogP contribution in [0.4, 0.5) is 4.39 Å². The highest BCUT2D eigenvalue weighted by Crippen LogP contribution is 2.25. The normalized spacial score (nSPS) is 12.9. The summed E-state index contributed by atoms with van der Waals surface area (Å²) in [5.41, 5.74) is 0.447. The Balaban J connectivity index is 2.82. The van der Waals surface area contributed by atoms with Crippen molar-refractivity contribution in [3.05, 3.63) is 34.6 Å². The van der Waals surface area contributed by atoms with E-state index in [0.717, 1.165) is 0 Å². The van der Waals surface area contributed by atoms with E-state index in [-0.39, 0.29) is 18.5 Å². The van der Waals surface area contributed by atoms with E-state index in [4.69, 9.17) is 16.7 Å². The lowest BCUT2D eigenvalue weighted by Gasteiger charge is -2.15. The molecular formula is C10H13ClFNO. The van der Waals surface area contributed by atoms with Gasteiger partial charge in [-0.2, -0.15) is 0 Å². The summed E-state index contributed by atoms with van der Waals surface area (Å²) < 4.78 is 13.3. The van der Waals surface area contributed by atoms with Gasteiger partial charge >= 0.3 is 0 Å². The molecule has 0 aliphatic heterocycles. The Morgan fingerprint density at radius 3 is 2.86 bits per heavy atom. The second-order valence-corrected chi connectivity index (χ2v) is 3.44. The SMILES string of the molecule is CC(NCCO)c1c(F)cccc1Cl. The zero-order valence-electron chi connectivity index (χ0n) is 7.93. The minimum atomic E-state index is -0.324. The Morgan fingerprint density at radius 2 is 2.29 bits per heavy atom. The van der Waals surface area contributed by atoms with E-state index in [1.54, 1.807) is 19.1 Å². The number of hydrogen-bond donors (Lipinski definition) is 2. The molecule has 1 unspecified atom stereocenters. The van der Waals surface area contributed by atoms with E-state index >= 15 is 0 Å². The van der Waals surface area contributed by atoms with Gasteiger partial charge in [0, 0.05) is 23.2 Å². The van der Waals surface area contributed by atoms with Crippen molar-refractivity contribution >= 4 is 11.6 Å². The lowest BCUT2D eigenvalue weighted by atomic mass is 10.1. The monoisotopic (exact) mass is 217 g/mol. The summed E-state index contributed by atoms with van der Waals surface area (Å²) in [4.78, 5) is 0. The Kier molecular flexibility index (Phi) is 4.32. The lowest BCUT2D eigenvalue weighted by molar-refractivity contribution is 0.285. The molecule has 0 saturated carbocycles. The molecule has 1 aromatic rings. The number of benzene rings is 1. The molecular weight excluding hydrogens is 205 g/mol. The van der Waals surface area contributed by atoms with Crippen molar-refractivity contribution in [1.82, 2.24) is 5.32 Å². The van der Waals surface area contributed by atoms with E-state index in [0.29, 0.717) is 17.1 Å². The Morgan fingerprint density at radius 1 is 1.57 bits per heavy atom. The van der Waals surface area contributed by atoms with Crippen LogP contribution in [0.5, 0.6) is 0 Å². The summed E-state index contributed by atoms with van der Waals surface area (Å²) in [6.45, 7) is 2.25. The summed E-state index contributed by atoms with van der Waals surface area (Å²) in [6.07, 6.45) is 0. The molecule has 0 bridgehead atoms. The van der Waals surface area contributed by atoms with Crippen molar-refractivity contribution in [2.45, 2.75) is 13.0 Å². The first-order valence-electron chi connectivity index (χ1n) is 4.45. The summed E-state index contributed by atoms with van der Waals surface area (Å²) >= 11 is 5.86. The molecule has 1 aromatic carbocycles. The highest BCUT2D eigenvalue weighted by Gasteiger charge is 2.13. The molecule has 2 nitrogen and oxygen atoms in total. The molecule has 14 heavy (non-hydrogen) atoms. The topological polar surface area (TPSA) is 32.3 Å². The summed E-state index contributed by atoms with van der Waals surface area (Å²) in [5.74, 6) is -0.324. The quantitative estimate of drug-likeness (QED) is 0.810. The standard InChI is InChI=1S/C10H13ClFNO/c1-7(13-5-6-14)10-8(11)3-2-4-9(10)12/h2-4,7,13-14H,5-6H2,1H3. The van der Waals surface area contributed by atoms with Gasteiger partial charge in [0.25, 0.3) is 0 Å². The fourth-order valence-electron chi connectivity index (χ4n) is 1.31. The number of rotatable bonds is 4. The van der Waals surface area contributed by atoms with Crippen molar-refractivity contribution in [2.24, 2.45) is 0 Å². The third kappa shape index (κ3) is 2.67. The number of aliphatic hydroxyl groups excluding tert-OH is 1. The van der Waals surface area contributed by atoms with Crippen LogP contribution in [-0.4, -0.2) is 18.3 Å². The van der Waals surface area contributed by atoms with Gasteiger partial charge in [-0.1, -0.05) is 17.7 Å². The molecule has 0 aromatic heterocycles. The van der Waals surface area contributed by atoms with Crippen LogP contribution in [0.3, 0.4) is 0 Å². The van der Waals surface area contributed by atoms with E-state index < -0.39 is 0 Å². The minimum Gasteiger partial charge on any atom is -0.395 e. The van der Waals surface area contributed by atoms with Crippen LogP contribution in [0, 0.1) is 5.82 Å². The maximum atomic E-state index is 13.3. The van der Waals surface area contributed by atoms with Gasteiger partial charge in [-0.3, -0.25) is 0 Å². The third-order valence-corrected chi connectivity index (χ3v) is 2.32. The molecule has 0 fully saturated rings. The lowest BCUT2D eigenvalue weighted by Crippen LogP contribution is -2.23. The predicted molar refractivity (Wildman–Crippen MR) is 54.9 cm³/mol. The maximum Gasteiger partial charge on any atom is 0.129 e. The molecule has 0 spiro atoms. The second-order valence-electron chi connectivity index (χ2n) is 3.03. The average molecular weight is 218 g/mol. The van der Waals surface area contributed by atoms with Gasteiger partial charge in [0.15, 0.2) is 0 Å². The van der Waals surface area contributed by atoms with Crippen LogP contribution in [0.2, 0.25) is 5.02 Å². The van der Waals surface area contributed by atoms with Crippen molar-refractivity contribution in [3.8, 4) is 0 Å². The van der Waals surface area contributed by atoms with E-state index in [9.17, 15) is 4.39 Å². The highest BCUT2D eigenvalue weighted by molar-refractivity contribution is 6.31. The van der Waals surface area contributed by atoms with Gasteiger partial charge in [-0.25, -0.2) is 4.39 Å². The van der Waals surface area contributed by atoms with Gasteiger partial charge in [0.05, 0.1) is 6.61 Å². The number of nitrogens with one attached hydrogen (secondary N) is 1. The first kappa shape index (κ1) is 11.4. The third-order valence-electron chi connectivity index (χ3n) is 2.00. The maximum absolute atomic E-state index is 13.3. The highest BCUT2D eigenvalue weighted by atomic mass is 35.5. The average Bonchev–Trinajstić information content (AvgIpc) is 2.14.